The maximum Gasteiger partial charge on any atom is 0.275 e. The highest BCUT2D eigenvalue weighted by atomic mass is 16.2. The summed E-state index contributed by atoms with van der Waals surface area (Å²) in [7, 11) is 1.85. The average Bonchev–Trinajstić information content (AvgIpc) is 2.42. The molecule has 0 radical (unpaired) electrons. The first-order valence-corrected chi connectivity index (χ1v) is 8.19. The van der Waals surface area contributed by atoms with Gasteiger partial charge in [0.1, 0.15) is 0 Å². The van der Waals surface area contributed by atoms with Crippen LogP contribution in [0.4, 0.5) is 0 Å². The fourth-order valence-corrected chi connectivity index (χ4v) is 2.30. The molecule has 0 heterocycles. The SMILES string of the molecule is C[NH+](CC(=O)NCCCc1ccccc1)CC(=O)NC(C)(C)C. The van der Waals surface area contributed by atoms with Gasteiger partial charge in [-0.25, -0.2) is 0 Å². The van der Waals surface area contributed by atoms with Crippen molar-refractivity contribution in [1.82, 2.24) is 10.6 Å². The number of likely N-dealkylation sites (N-methyl/N-ethyl adjacent to an activating group) is 1. The number of benzene rings is 1. The first kappa shape index (κ1) is 19.2. The summed E-state index contributed by atoms with van der Waals surface area (Å²) in [5.41, 5.74) is 1.04. The highest BCUT2D eigenvalue weighted by Gasteiger charge is 2.18. The van der Waals surface area contributed by atoms with Crippen molar-refractivity contribution < 1.29 is 14.5 Å². The number of aryl methyl sites for hydroxylation is 1. The molecule has 1 unspecified atom stereocenters. The van der Waals surface area contributed by atoms with Crippen molar-refractivity contribution in [2.45, 2.75) is 39.2 Å². The largest absolute Gasteiger partial charge is 0.351 e. The van der Waals surface area contributed by atoms with Crippen LogP contribution in [0.15, 0.2) is 30.3 Å². The molecule has 1 rings (SSSR count). The van der Waals surface area contributed by atoms with E-state index in [1.54, 1.807) is 0 Å². The first-order chi connectivity index (χ1) is 10.8. The number of hydrogen-bond donors (Lipinski definition) is 3. The van der Waals surface area contributed by atoms with Crippen LogP contribution in [0.3, 0.4) is 0 Å². The Morgan fingerprint density at radius 2 is 1.65 bits per heavy atom. The van der Waals surface area contributed by atoms with Crippen molar-refractivity contribution >= 4 is 11.8 Å². The Bertz CT molecular complexity index is 495. The molecule has 1 aromatic carbocycles. The monoisotopic (exact) mass is 320 g/mol. The maximum atomic E-state index is 11.9. The van der Waals surface area contributed by atoms with Gasteiger partial charge >= 0.3 is 0 Å². The van der Waals surface area contributed by atoms with Gasteiger partial charge in [0, 0.05) is 12.1 Å². The number of nitrogens with one attached hydrogen (secondary N) is 3. The predicted octanol–water partition coefficient (Wildman–Crippen LogP) is 0.165. The lowest BCUT2D eigenvalue weighted by Gasteiger charge is -2.21. The summed E-state index contributed by atoms with van der Waals surface area (Å²) >= 11 is 0. The third-order valence-electron chi connectivity index (χ3n) is 3.25. The molecule has 5 heteroatoms. The summed E-state index contributed by atoms with van der Waals surface area (Å²) < 4.78 is 0. The van der Waals surface area contributed by atoms with E-state index in [1.807, 2.05) is 46.0 Å². The third kappa shape index (κ3) is 9.68. The molecule has 0 aliphatic carbocycles. The van der Waals surface area contributed by atoms with Crippen LogP contribution < -0.4 is 15.5 Å². The van der Waals surface area contributed by atoms with Crippen LogP contribution in [0.1, 0.15) is 32.8 Å². The van der Waals surface area contributed by atoms with Gasteiger partial charge in [-0.05, 0) is 39.2 Å². The Labute approximate surface area is 139 Å². The van der Waals surface area contributed by atoms with Crippen LogP contribution in [0.2, 0.25) is 0 Å². The Hall–Kier alpha value is -1.88. The van der Waals surface area contributed by atoms with E-state index in [1.165, 1.54) is 5.56 Å². The zero-order valence-electron chi connectivity index (χ0n) is 14.7. The van der Waals surface area contributed by atoms with Crippen molar-refractivity contribution in [3.63, 3.8) is 0 Å². The normalized spacial score (nSPS) is 12.5. The van der Waals surface area contributed by atoms with Gasteiger partial charge in [0.05, 0.1) is 7.05 Å². The smallest absolute Gasteiger partial charge is 0.275 e. The molecule has 0 aromatic heterocycles. The summed E-state index contributed by atoms with van der Waals surface area (Å²) in [6, 6.07) is 10.2. The molecule has 2 amide bonds. The van der Waals surface area contributed by atoms with E-state index in [9.17, 15) is 9.59 Å². The molecular formula is C18H30N3O2+. The summed E-state index contributed by atoms with van der Waals surface area (Å²) in [6.07, 6.45) is 1.87. The van der Waals surface area contributed by atoms with E-state index in [4.69, 9.17) is 0 Å². The average molecular weight is 320 g/mol. The van der Waals surface area contributed by atoms with Gasteiger partial charge in [0.15, 0.2) is 13.1 Å². The standard InChI is InChI=1S/C18H29N3O2/c1-18(2,3)20-17(23)14-21(4)13-16(22)19-12-8-11-15-9-6-5-7-10-15/h5-7,9-10H,8,11-14H2,1-4H3,(H,19,22)(H,20,23)/p+1. The topological polar surface area (TPSA) is 62.6 Å². The number of rotatable bonds is 8. The van der Waals surface area contributed by atoms with Gasteiger partial charge in [-0.1, -0.05) is 30.3 Å². The van der Waals surface area contributed by atoms with E-state index in [0.717, 1.165) is 17.7 Å². The van der Waals surface area contributed by atoms with Crippen LogP contribution in [-0.2, 0) is 16.0 Å². The lowest BCUT2D eigenvalue weighted by Crippen LogP contribution is -3.11. The molecule has 0 fully saturated rings. The summed E-state index contributed by atoms with van der Waals surface area (Å²) in [5, 5.41) is 5.82. The maximum absolute atomic E-state index is 11.9. The van der Waals surface area contributed by atoms with Crippen LogP contribution in [0.25, 0.3) is 0 Å². The van der Waals surface area contributed by atoms with E-state index >= 15 is 0 Å². The van der Waals surface area contributed by atoms with Gasteiger partial charge in [0.25, 0.3) is 11.8 Å². The van der Waals surface area contributed by atoms with Gasteiger partial charge in [-0.2, -0.15) is 0 Å². The molecule has 5 nitrogen and oxygen atoms in total. The second-order valence-electron chi connectivity index (χ2n) is 7.05. The van der Waals surface area contributed by atoms with Gasteiger partial charge < -0.3 is 15.5 Å². The zero-order valence-corrected chi connectivity index (χ0v) is 14.7. The molecule has 23 heavy (non-hydrogen) atoms. The summed E-state index contributed by atoms with van der Waals surface area (Å²) in [4.78, 5) is 24.6. The van der Waals surface area contributed by atoms with Gasteiger partial charge in [-0.15, -0.1) is 0 Å². The molecule has 0 aliphatic rings. The number of carbonyl (C=O) groups is 2. The fraction of sp³-hybridized carbons (Fsp3) is 0.556. The second-order valence-corrected chi connectivity index (χ2v) is 7.05. The Morgan fingerprint density at radius 1 is 1.04 bits per heavy atom. The van der Waals surface area contributed by atoms with E-state index < -0.39 is 0 Å². The third-order valence-corrected chi connectivity index (χ3v) is 3.25. The van der Waals surface area contributed by atoms with Crippen LogP contribution in [0, 0.1) is 0 Å². The Morgan fingerprint density at radius 3 is 2.26 bits per heavy atom. The molecule has 0 saturated carbocycles. The lowest BCUT2D eigenvalue weighted by atomic mass is 10.1. The van der Waals surface area contributed by atoms with Crippen LogP contribution in [-0.4, -0.2) is 44.0 Å². The highest BCUT2D eigenvalue weighted by molar-refractivity contribution is 5.79. The number of quaternary nitrogens is 1. The van der Waals surface area contributed by atoms with Crippen LogP contribution in [0.5, 0.6) is 0 Å². The Kier molecular flexibility index (Phi) is 7.75. The first-order valence-electron chi connectivity index (χ1n) is 8.19. The molecular weight excluding hydrogens is 290 g/mol. The second kappa shape index (κ2) is 9.30. The molecule has 0 aliphatic heterocycles. The summed E-state index contributed by atoms with van der Waals surface area (Å²) in [5.74, 6) is -0.0500. The number of carbonyl (C=O) groups excluding carboxylic acids is 2. The minimum absolute atomic E-state index is 0.0147. The van der Waals surface area contributed by atoms with Crippen molar-refractivity contribution in [2.24, 2.45) is 0 Å². The van der Waals surface area contributed by atoms with E-state index in [2.05, 4.69) is 22.8 Å². The molecule has 1 atom stereocenters. The highest BCUT2D eigenvalue weighted by Crippen LogP contribution is 2.01. The van der Waals surface area contributed by atoms with E-state index in [-0.39, 0.29) is 17.4 Å². The number of amides is 2. The fourth-order valence-electron chi connectivity index (χ4n) is 2.30. The molecule has 0 spiro atoms. The molecule has 128 valence electrons. The molecule has 1 aromatic rings. The quantitative estimate of drug-likeness (QED) is 0.598. The van der Waals surface area contributed by atoms with Gasteiger partial charge in [0.2, 0.25) is 0 Å². The molecule has 0 saturated heterocycles. The van der Waals surface area contributed by atoms with Crippen LogP contribution >= 0.6 is 0 Å². The minimum atomic E-state index is -0.239. The van der Waals surface area contributed by atoms with Crippen molar-refractivity contribution in [3.8, 4) is 0 Å². The predicted molar refractivity (Wildman–Crippen MR) is 92.3 cm³/mol. The molecule has 3 N–H and O–H groups in total. The lowest BCUT2D eigenvalue weighted by molar-refractivity contribution is -0.862. The zero-order chi connectivity index (χ0) is 17.3. The minimum Gasteiger partial charge on any atom is -0.351 e. The van der Waals surface area contributed by atoms with Crippen molar-refractivity contribution in [2.75, 3.05) is 26.7 Å². The molecule has 0 bridgehead atoms. The summed E-state index contributed by atoms with van der Waals surface area (Å²) in [6.45, 7) is 7.10. The Balaban J connectivity index is 2.16. The van der Waals surface area contributed by atoms with Gasteiger partial charge in [-0.3, -0.25) is 9.59 Å². The van der Waals surface area contributed by atoms with E-state index in [0.29, 0.717) is 19.6 Å². The number of hydrogen-bond acceptors (Lipinski definition) is 2. The van der Waals surface area contributed by atoms with Crippen molar-refractivity contribution in [1.29, 1.82) is 0 Å². The van der Waals surface area contributed by atoms with Crippen molar-refractivity contribution in [3.05, 3.63) is 35.9 Å².